The SMILES string of the molecule is O=C(O)c1n[nH]c2cc([N+](=O)[O-])cc(F)c12. The van der Waals surface area contributed by atoms with Crippen LogP contribution in [0.1, 0.15) is 10.5 Å². The van der Waals surface area contributed by atoms with Crippen LogP contribution in [-0.2, 0) is 0 Å². The Bertz CT molecular complexity index is 607. The number of aromatic amines is 1. The molecule has 0 amide bonds. The highest BCUT2D eigenvalue weighted by molar-refractivity contribution is 6.01. The Morgan fingerprint density at radius 1 is 1.56 bits per heavy atom. The average molecular weight is 225 g/mol. The number of carbonyl (C=O) groups is 1. The summed E-state index contributed by atoms with van der Waals surface area (Å²) in [6, 6.07) is 1.68. The van der Waals surface area contributed by atoms with Crippen LogP contribution in [0.2, 0.25) is 0 Å². The zero-order valence-corrected chi connectivity index (χ0v) is 7.60. The van der Waals surface area contributed by atoms with Crippen LogP contribution in [0.3, 0.4) is 0 Å². The summed E-state index contributed by atoms with van der Waals surface area (Å²) in [4.78, 5) is 20.3. The first-order valence-corrected chi connectivity index (χ1v) is 4.06. The molecule has 0 unspecified atom stereocenters. The Kier molecular flexibility index (Phi) is 2.04. The molecule has 7 nitrogen and oxygen atoms in total. The van der Waals surface area contributed by atoms with Crippen molar-refractivity contribution in [3.63, 3.8) is 0 Å². The molecule has 0 atom stereocenters. The van der Waals surface area contributed by atoms with Crippen molar-refractivity contribution < 1.29 is 19.2 Å². The zero-order chi connectivity index (χ0) is 11.9. The van der Waals surface area contributed by atoms with E-state index in [0.29, 0.717) is 6.07 Å². The maximum Gasteiger partial charge on any atom is 0.357 e. The Labute approximate surface area is 86.6 Å². The molecule has 1 aromatic carbocycles. The second kappa shape index (κ2) is 3.26. The fourth-order valence-corrected chi connectivity index (χ4v) is 1.35. The van der Waals surface area contributed by atoms with Crippen LogP contribution >= 0.6 is 0 Å². The second-order valence-corrected chi connectivity index (χ2v) is 2.98. The van der Waals surface area contributed by atoms with Gasteiger partial charge in [-0.3, -0.25) is 15.2 Å². The van der Waals surface area contributed by atoms with E-state index in [0.717, 1.165) is 6.07 Å². The molecule has 1 aromatic heterocycles. The van der Waals surface area contributed by atoms with E-state index in [4.69, 9.17) is 5.11 Å². The Morgan fingerprint density at radius 2 is 2.25 bits per heavy atom. The summed E-state index contributed by atoms with van der Waals surface area (Å²) in [6.45, 7) is 0. The van der Waals surface area contributed by atoms with Gasteiger partial charge < -0.3 is 5.11 Å². The van der Waals surface area contributed by atoms with Gasteiger partial charge in [0.2, 0.25) is 0 Å². The minimum absolute atomic E-state index is 0.0240. The van der Waals surface area contributed by atoms with Gasteiger partial charge in [-0.2, -0.15) is 5.10 Å². The molecule has 1 heterocycles. The summed E-state index contributed by atoms with van der Waals surface area (Å²) in [5, 5.41) is 24.5. The molecule has 0 fully saturated rings. The zero-order valence-electron chi connectivity index (χ0n) is 7.60. The fourth-order valence-electron chi connectivity index (χ4n) is 1.35. The van der Waals surface area contributed by atoms with Crippen molar-refractivity contribution in [2.24, 2.45) is 0 Å². The molecule has 2 rings (SSSR count). The highest BCUT2D eigenvalue weighted by Crippen LogP contribution is 2.25. The van der Waals surface area contributed by atoms with Gasteiger partial charge in [-0.05, 0) is 0 Å². The van der Waals surface area contributed by atoms with Crippen molar-refractivity contribution in [2.75, 3.05) is 0 Å². The number of H-pyrrole nitrogens is 1. The number of hydrogen-bond donors (Lipinski definition) is 2. The first-order valence-electron chi connectivity index (χ1n) is 4.06. The number of carboxylic acid groups (broad SMARTS) is 1. The van der Waals surface area contributed by atoms with Crippen molar-refractivity contribution >= 4 is 22.6 Å². The maximum atomic E-state index is 13.4. The molecule has 16 heavy (non-hydrogen) atoms. The number of nitrogens with zero attached hydrogens (tertiary/aromatic N) is 2. The molecule has 0 aliphatic rings. The average Bonchev–Trinajstić information content (AvgIpc) is 2.61. The summed E-state index contributed by atoms with van der Waals surface area (Å²) in [6.07, 6.45) is 0. The number of fused-ring (bicyclic) bond motifs is 1. The van der Waals surface area contributed by atoms with Crippen LogP contribution < -0.4 is 0 Å². The number of benzene rings is 1. The van der Waals surface area contributed by atoms with Gasteiger partial charge in [0.1, 0.15) is 5.82 Å². The smallest absolute Gasteiger partial charge is 0.357 e. The van der Waals surface area contributed by atoms with E-state index in [-0.39, 0.29) is 10.9 Å². The summed E-state index contributed by atoms with van der Waals surface area (Å²) >= 11 is 0. The number of nitro groups is 1. The van der Waals surface area contributed by atoms with E-state index in [1.165, 1.54) is 0 Å². The molecule has 2 N–H and O–H groups in total. The van der Waals surface area contributed by atoms with Gasteiger partial charge in [-0.15, -0.1) is 0 Å². The van der Waals surface area contributed by atoms with Crippen LogP contribution in [-0.4, -0.2) is 26.2 Å². The lowest BCUT2D eigenvalue weighted by Gasteiger charge is -1.94. The summed E-state index contributed by atoms with van der Waals surface area (Å²) < 4.78 is 13.4. The van der Waals surface area contributed by atoms with Gasteiger partial charge in [0, 0.05) is 6.07 Å². The number of non-ortho nitro benzene ring substituents is 1. The number of carboxylic acids is 1. The van der Waals surface area contributed by atoms with E-state index in [2.05, 4.69) is 10.2 Å². The predicted molar refractivity (Wildman–Crippen MR) is 49.7 cm³/mol. The highest BCUT2D eigenvalue weighted by atomic mass is 19.1. The number of halogens is 1. The van der Waals surface area contributed by atoms with Crippen LogP contribution in [0.15, 0.2) is 12.1 Å². The molecule has 0 aliphatic carbocycles. The maximum absolute atomic E-state index is 13.4. The topological polar surface area (TPSA) is 109 Å². The first kappa shape index (κ1) is 10.0. The van der Waals surface area contributed by atoms with E-state index in [1.54, 1.807) is 0 Å². The third-order valence-corrected chi connectivity index (χ3v) is 2.01. The molecule has 82 valence electrons. The van der Waals surface area contributed by atoms with Crippen molar-refractivity contribution in [2.45, 2.75) is 0 Å². The third kappa shape index (κ3) is 1.36. The van der Waals surface area contributed by atoms with Gasteiger partial charge in [-0.25, -0.2) is 9.18 Å². The number of aromatic carboxylic acids is 1. The van der Waals surface area contributed by atoms with Crippen LogP contribution in [0.4, 0.5) is 10.1 Å². The quantitative estimate of drug-likeness (QED) is 0.591. The summed E-state index contributed by atoms with van der Waals surface area (Å²) in [7, 11) is 0. The molecule has 0 spiro atoms. The van der Waals surface area contributed by atoms with Crippen molar-refractivity contribution in [3.8, 4) is 0 Å². The lowest BCUT2D eigenvalue weighted by atomic mass is 10.2. The standard InChI is InChI=1S/C8H4FN3O4/c9-4-1-3(12(15)16)2-5-6(4)7(8(13)14)11-10-5/h1-2H,(H,10,11)(H,13,14). The van der Waals surface area contributed by atoms with Crippen LogP contribution in [0.5, 0.6) is 0 Å². The molecule has 0 radical (unpaired) electrons. The fraction of sp³-hybridized carbons (Fsp3) is 0. The van der Waals surface area contributed by atoms with Gasteiger partial charge >= 0.3 is 5.97 Å². The van der Waals surface area contributed by atoms with Crippen molar-refractivity contribution in [1.29, 1.82) is 0 Å². The van der Waals surface area contributed by atoms with Crippen molar-refractivity contribution in [1.82, 2.24) is 10.2 Å². The van der Waals surface area contributed by atoms with Gasteiger partial charge in [0.25, 0.3) is 5.69 Å². The lowest BCUT2D eigenvalue weighted by Crippen LogP contribution is -1.98. The highest BCUT2D eigenvalue weighted by Gasteiger charge is 2.20. The molecule has 8 heteroatoms. The number of nitro benzene ring substituents is 1. The number of aromatic nitrogens is 2. The van der Waals surface area contributed by atoms with Crippen LogP contribution in [0.25, 0.3) is 10.9 Å². The molecule has 0 bridgehead atoms. The number of nitrogens with one attached hydrogen (secondary N) is 1. The largest absolute Gasteiger partial charge is 0.476 e. The summed E-state index contributed by atoms with van der Waals surface area (Å²) in [5.74, 6) is -2.39. The Balaban J connectivity index is 2.78. The van der Waals surface area contributed by atoms with Crippen molar-refractivity contribution in [3.05, 3.63) is 33.8 Å². The first-order chi connectivity index (χ1) is 7.50. The third-order valence-electron chi connectivity index (χ3n) is 2.01. The normalized spacial score (nSPS) is 10.6. The minimum atomic E-state index is -1.40. The molecular formula is C8H4FN3O4. The molecule has 0 aliphatic heterocycles. The van der Waals surface area contributed by atoms with Gasteiger partial charge in [0.15, 0.2) is 5.69 Å². The molecular weight excluding hydrogens is 221 g/mol. The minimum Gasteiger partial charge on any atom is -0.476 e. The van der Waals surface area contributed by atoms with E-state index in [1.807, 2.05) is 0 Å². The predicted octanol–water partition coefficient (Wildman–Crippen LogP) is 1.31. The Morgan fingerprint density at radius 3 is 2.81 bits per heavy atom. The monoisotopic (exact) mass is 225 g/mol. The van der Waals surface area contributed by atoms with Gasteiger partial charge in [-0.1, -0.05) is 0 Å². The number of hydrogen-bond acceptors (Lipinski definition) is 4. The van der Waals surface area contributed by atoms with E-state index in [9.17, 15) is 19.3 Å². The lowest BCUT2D eigenvalue weighted by molar-refractivity contribution is -0.384. The molecule has 2 aromatic rings. The molecule has 0 saturated heterocycles. The van der Waals surface area contributed by atoms with E-state index < -0.39 is 28.1 Å². The molecule has 0 saturated carbocycles. The number of rotatable bonds is 2. The Hall–Kier alpha value is -2.51. The summed E-state index contributed by atoms with van der Waals surface area (Å²) in [5.41, 5.74) is -0.989. The van der Waals surface area contributed by atoms with E-state index >= 15 is 0 Å². The second-order valence-electron chi connectivity index (χ2n) is 2.98. The van der Waals surface area contributed by atoms with Gasteiger partial charge in [0.05, 0.1) is 21.9 Å². The van der Waals surface area contributed by atoms with Crippen LogP contribution in [0, 0.1) is 15.9 Å².